The minimum Gasteiger partial charge on any atom is -0.347 e. The third-order valence-electron chi connectivity index (χ3n) is 5.13. The van der Waals surface area contributed by atoms with Crippen LogP contribution < -0.4 is 10.2 Å². The van der Waals surface area contributed by atoms with Crippen molar-refractivity contribution in [2.24, 2.45) is 7.05 Å². The van der Waals surface area contributed by atoms with Gasteiger partial charge < -0.3 is 4.57 Å². The number of nitrogens with one attached hydrogen (secondary N) is 1. The van der Waals surface area contributed by atoms with E-state index in [0.717, 1.165) is 27.7 Å². The number of anilines is 1. The van der Waals surface area contributed by atoms with Crippen molar-refractivity contribution in [2.45, 2.75) is 13.8 Å². The normalized spacial score (nSPS) is 16.2. The molecule has 0 spiro atoms. The van der Waals surface area contributed by atoms with Crippen LogP contribution in [0.15, 0.2) is 54.1 Å². The Balaban J connectivity index is 1.84. The van der Waals surface area contributed by atoms with Crippen LogP contribution >= 0.6 is 12.2 Å². The molecule has 2 aromatic carbocycles. The van der Waals surface area contributed by atoms with Gasteiger partial charge in [0.1, 0.15) is 5.57 Å². The highest BCUT2D eigenvalue weighted by Crippen LogP contribution is 2.29. The van der Waals surface area contributed by atoms with Gasteiger partial charge in [0.15, 0.2) is 5.11 Å². The van der Waals surface area contributed by atoms with E-state index in [1.807, 2.05) is 69.4 Å². The summed E-state index contributed by atoms with van der Waals surface area (Å²) < 4.78 is 2.05. The highest BCUT2D eigenvalue weighted by atomic mass is 32.1. The second kappa shape index (κ2) is 6.73. The number of benzene rings is 2. The molecule has 0 atom stereocenters. The highest BCUT2D eigenvalue weighted by molar-refractivity contribution is 7.80. The molecule has 1 saturated heterocycles. The number of aryl methyl sites for hydroxylation is 2. The summed E-state index contributed by atoms with van der Waals surface area (Å²) in [5.74, 6) is -0.907. The first-order valence-electron chi connectivity index (χ1n) is 8.90. The minimum atomic E-state index is -0.481. The second-order valence-corrected chi connectivity index (χ2v) is 7.26. The third kappa shape index (κ3) is 2.82. The Morgan fingerprint density at radius 2 is 1.68 bits per heavy atom. The SMILES string of the molecule is Cc1ccc(N2C(=O)/C(=C/c3c(C)n(C)c4ccccc34)C(=O)NC2=S)cc1. The molecule has 140 valence electrons. The summed E-state index contributed by atoms with van der Waals surface area (Å²) in [5, 5.41) is 3.72. The number of thiocarbonyl (C=S) groups is 1. The minimum absolute atomic E-state index is 0.0635. The van der Waals surface area contributed by atoms with E-state index in [1.165, 1.54) is 4.90 Å². The van der Waals surface area contributed by atoms with Gasteiger partial charge in [-0.3, -0.25) is 19.8 Å². The van der Waals surface area contributed by atoms with E-state index in [-0.39, 0.29) is 10.7 Å². The molecule has 6 heteroatoms. The van der Waals surface area contributed by atoms with E-state index in [4.69, 9.17) is 12.2 Å². The Hall–Kier alpha value is -3.25. The van der Waals surface area contributed by atoms with Crippen molar-refractivity contribution >= 4 is 51.8 Å². The maximum Gasteiger partial charge on any atom is 0.270 e. The summed E-state index contributed by atoms with van der Waals surface area (Å²) in [7, 11) is 1.97. The molecule has 0 bridgehead atoms. The predicted octanol–water partition coefficient (Wildman–Crippen LogP) is 3.63. The lowest BCUT2D eigenvalue weighted by Gasteiger charge is -2.29. The van der Waals surface area contributed by atoms with Crippen LogP contribution in [0.1, 0.15) is 16.8 Å². The molecule has 2 amide bonds. The number of carbonyl (C=O) groups is 2. The van der Waals surface area contributed by atoms with Crippen LogP contribution in [0, 0.1) is 13.8 Å². The Labute approximate surface area is 168 Å². The lowest BCUT2D eigenvalue weighted by Crippen LogP contribution is -2.54. The van der Waals surface area contributed by atoms with Gasteiger partial charge in [0.2, 0.25) is 0 Å². The lowest BCUT2D eigenvalue weighted by atomic mass is 10.0. The zero-order valence-electron chi connectivity index (χ0n) is 15.8. The molecule has 1 aromatic heterocycles. The van der Waals surface area contributed by atoms with E-state index < -0.39 is 11.8 Å². The van der Waals surface area contributed by atoms with Gasteiger partial charge in [-0.05, 0) is 50.3 Å². The van der Waals surface area contributed by atoms with Crippen LogP contribution in [0.5, 0.6) is 0 Å². The number of hydrogen-bond donors (Lipinski definition) is 1. The Bertz CT molecular complexity index is 1170. The first kappa shape index (κ1) is 18.1. The highest BCUT2D eigenvalue weighted by Gasteiger charge is 2.34. The van der Waals surface area contributed by atoms with Gasteiger partial charge in [-0.15, -0.1) is 0 Å². The molecule has 4 rings (SSSR count). The molecule has 0 aliphatic carbocycles. The van der Waals surface area contributed by atoms with Gasteiger partial charge in [-0.2, -0.15) is 0 Å². The van der Waals surface area contributed by atoms with Crippen molar-refractivity contribution in [1.82, 2.24) is 9.88 Å². The number of aromatic nitrogens is 1. The Morgan fingerprint density at radius 1 is 1.00 bits per heavy atom. The van der Waals surface area contributed by atoms with Crippen LogP contribution in [-0.4, -0.2) is 21.5 Å². The van der Waals surface area contributed by atoms with Gasteiger partial charge >= 0.3 is 0 Å². The number of fused-ring (bicyclic) bond motifs is 1. The quantitative estimate of drug-likeness (QED) is 0.414. The first-order chi connectivity index (χ1) is 13.4. The van der Waals surface area contributed by atoms with Crippen LogP contribution in [0.2, 0.25) is 0 Å². The molecule has 1 fully saturated rings. The maximum atomic E-state index is 13.2. The van der Waals surface area contributed by atoms with Gasteiger partial charge in [0.25, 0.3) is 11.8 Å². The molecule has 0 unspecified atom stereocenters. The Kier molecular flexibility index (Phi) is 4.35. The standard InChI is InChI=1S/C22H19N3O2S/c1-13-8-10-15(11-9-13)25-21(27)18(20(26)23-22(25)28)12-17-14(2)24(3)19-7-5-4-6-16(17)19/h4-12H,1-3H3,(H,23,26,28)/b18-12+. The zero-order valence-corrected chi connectivity index (χ0v) is 16.6. The largest absolute Gasteiger partial charge is 0.347 e. The van der Waals surface area contributed by atoms with Crippen LogP contribution in [0.25, 0.3) is 17.0 Å². The molecule has 0 saturated carbocycles. The summed E-state index contributed by atoms with van der Waals surface area (Å²) in [6.45, 7) is 3.94. The number of amides is 2. The fourth-order valence-corrected chi connectivity index (χ4v) is 3.74. The molecule has 28 heavy (non-hydrogen) atoms. The van der Waals surface area contributed by atoms with Crippen LogP contribution in [-0.2, 0) is 16.6 Å². The number of rotatable bonds is 2. The van der Waals surface area contributed by atoms with Crippen molar-refractivity contribution < 1.29 is 9.59 Å². The second-order valence-electron chi connectivity index (χ2n) is 6.87. The average Bonchev–Trinajstić information content (AvgIpc) is 2.91. The van der Waals surface area contributed by atoms with Crippen molar-refractivity contribution in [3.05, 3.63) is 70.9 Å². The van der Waals surface area contributed by atoms with Crippen molar-refractivity contribution in [3.63, 3.8) is 0 Å². The molecular formula is C22H19N3O2S. The van der Waals surface area contributed by atoms with E-state index in [0.29, 0.717) is 5.69 Å². The van der Waals surface area contributed by atoms with E-state index in [1.54, 1.807) is 6.08 Å². The fourth-order valence-electron chi connectivity index (χ4n) is 3.46. The topological polar surface area (TPSA) is 54.3 Å². The molecule has 1 aliphatic heterocycles. The van der Waals surface area contributed by atoms with Gasteiger partial charge in [0, 0.05) is 29.2 Å². The van der Waals surface area contributed by atoms with Crippen molar-refractivity contribution in [3.8, 4) is 0 Å². The van der Waals surface area contributed by atoms with Gasteiger partial charge in [0.05, 0.1) is 5.69 Å². The molecular weight excluding hydrogens is 370 g/mol. The predicted molar refractivity (Wildman–Crippen MR) is 115 cm³/mol. The van der Waals surface area contributed by atoms with Gasteiger partial charge in [-0.25, -0.2) is 0 Å². The molecule has 5 nitrogen and oxygen atoms in total. The van der Waals surface area contributed by atoms with E-state index in [2.05, 4.69) is 9.88 Å². The monoisotopic (exact) mass is 389 g/mol. The maximum absolute atomic E-state index is 13.2. The molecule has 2 heterocycles. The lowest BCUT2D eigenvalue weighted by molar-refractivity contribution is -0.122. The van der Waals surface area contributed by atoms with Crippen molar-refractivity contribution in [1.29, 1.82) is 0 Å². The zero-order chi connectivity index (χ0) is 20.0. The van der Waals surface area contributed by atoms with E-state index in [9.17, 15) is 9.59 Å². The Morgan fingerprint density at radius 3 is 2.39 bits per heavy atom. The summed E-state index contributed by atoms with van der Waals surface area (Å²) in [5.41, 5.74) is 4.64. The molecule has 1 aliphatic rings. The molecule has 3 aromatic rings. The summed E-state index contributed by atoms with van der Waals surface area (Å²) >= 11 is 5.26. The summed E-state index contributed by atoms with van der Waals surface area (Å²) in [4.78, 5) is 27.1. The number of carbonyl (C=O) groups excluding carboxylic acids is 2. The average molecular weight is 389 g/mol. The van der Waals surface area contributed by atoms with E-state index >= 15 is 0 Å². The number of hydrogen-bond acceptors (Lipinski definition) is 3. The third-order valence-corrected chi connectivity index (χ3v) is 5.42. The van der Waals surface area contributed by atoms with Crippen LogP contribution in [0.3, 0.4) is 0 Å². The molecule has 1 N–H and O–H groups in total. The van der Waals surface area contributed by atoms with Crippen LogP contribution in [0.4, 0.5) is 5.69 Å². The first-order valence-corrected chi connectivity index (χ1v) is 9.31. The van der Waals surface area contributed by atoms with Gasteiger partial charge in [-0.1, -0.05) is 35.9 Å². The smallest absolute Gasteiger partial charge is 0.270 e. The summed E-state index contributed by atoms with van der Waals surface area (Å²) in [6.07, 6.45) is 1.66. The molecule has 0 radical (unpaired) electrons. The summed E-state index contributed by atoms with van der Waals surface area (Å²) in [6, 6.07) is 15.4. The fraction of sp³-hybridized carbons (Fsp3) is 0.136. The number of nitrogens with zero attached hydrogens (tertiary/aromatic N) is 2. The van der Waals surface area contributed by atoms with Crippen molar-refractivity contribution in [2.75, 3.05) is 4.90 Å². The number of para-hydroxylation sites is 1.